The van der Waals surface area contributed by atoms with Crippen LogP contribution in [0.2, 0.25) is 0 Å². The van der Waals surface area contributed by atoms with E-state index >= 15 is 0 Å². The molecule has 7 heteroatoms. The van der Waals surface area contributed by atoms with Crippen LogP contribution in [-0.2, 0) is 9.47 Å². The first kappa shape index (κ1) is 25.1. The number of allylic oxidation sites excluding steroid dienone is 1. The molecule has 13 atom stereocenters. The minimum atomic E-state index is -0.974. The van der Waals surface area contributed by atoms with Crippen molar-refractivity contribution in [2.75, 3.05) is 0 Å². The van der Waals surface area contributed by atoms with Crippen molar-refractivity contribution in [3.63, 3.8) is 0 Å². The molecule has 0 aromatic heterocycles. The van der Waals surface area contributed by atoms with Gasteiger partial charge in [-0.3, -0.25) is 0 Å². The summed E-state index contributed by atoms with van der Waals surface area (Å²) < 4.78 is 12.1. The first-order chi connectivity index (χ1) is 15.9. The number of fused-ring (bicyclic) bond motifs is 5. The van der Waals surface area contributed by atoms with Crippen molar-refractivity contribution < 1.29 is 35.0 Å². The second-order valence-electron chi connectivity index (χ2n) is 12.5. The lowest BCUT2D eigenvalue weighted by molar-refractivity contribution is -0.264. The smallest absolute Gasteiger partial charge is 0.161 e. The Morgan fingerprint density at radius 1 is 1.09 bits per heavy atom. The Hall–Kier alpha value is -0.540. The molecule has 13 unspecified atom stereocenters. The zero-order valence-electron chi connectivity index (χ0n) is 21.1. The predicted octanol–water partition coefficient (Wildman–Crippen LogP) is 2.27. The Kier molecular flexibility index (Phi) is 6.28. The number of aliphatic hydroxyl groups is 5. The standard InChI is InChI=1S/C27H44O7/c1-14(28)18-8-10-27(32)19-6-5-16-11-17(34-23-13-21(29)24(31)15(2)33-23)7-9-25(16,3)20(19)12-22(30)26(18,27)4/h5,14-15,17-24,28-32H,6-13H2,1-4H3. The van der Waals surface area contributed by atoms with Gasteiger partial charge in [0.1, 0.15) is 6.10 Å². The summed E-state index contributed by atoms with van der Waals surface area (Å²) in [5.74, 6) is 0.176. The fourth-order valence-corrected chi connectivity index (χ4v) is 8.83. The van der Waals surface area contributed by atoms with E-state index < -0.39 is 47.8 Å². The van der Waals surface area contributed by atoms with Crippen LogP contribution in [0.1, 0.15) is 79.1 Å². The Morgan fingerprint density at radius 3 is 2.50 bits per heavy atom. The van der Waals surface area contributed by atoms with Crippen molar-refractivity contribution in [2.45, 2.75) is 128 Å². The molecule has 194 valence electrons. The van der Waals surface area contributed by atoms with Crippen LogP contribution >= 0.6 is 0 Å². The molecule has 5 aliphatic rings. The summed E-state index contributed by atoms with van der Waals surface area (Å²) in [6, 6.07) is 0. The molecule has 1 heterocycles. The van der Waals surface area contributed by atoms with Crippen LogP contribution in [0.25, 0.3) is 0 Å². The Labute approximate surface area is 203 Å². The zero-order chi connectivity index (χ0) is 24.6. The lowest BCUT2D eigenvalue weighted by Crippen LogP contribution is -2.66. The summed E-state index contributed by atoms with van der Waals surface area (Å²) in [5.41, 5.74) is -0.414. The molecule has 0 aromatic carbocycles. The number of ether oxygens (including phenoxy) is 2. The molecule has 7 nitrogen and oxygen atoms in total. The number of rotatable bonds is 3. The largest absolute Gasteiger partial charge is 0.393 e. The van der Waals surface area contributed by atoms with E-state index in [1.165, 1.54) is 5.57 Å². The van der Waals surface area contributed by atoms with Crippen LogP contribution in [0.5, 0.6) is 0 Å². The molecule has 0 aromatic rings. The van der Waals surface area contributed by atoms with Crippen molar-refractivity contribution in [3.05, 3.63) is 11.6 Å². The maximum atomic E-state index is 12.1. The van der Waals surface area contributed by atoms with E-state index in [-0.39, 0.29) is 35.7 Å². The molecule has 0 radical (unpaired) electrons. The van der Waals surface area contributed by atoms with Crippen LogP contribution in [0, 0.1) is 28.6 Å². The maximum Gasteiger partial charge on any atom is 0.161 e. The normalized spacial score (nSPS) is 56.1. The van der Waals surface area contributed by atoms with Gasteiger partial charge in [0.15, 0.2) is 6.29 Å². The van der Waals surface area contributed by atoms with Crippen LogP contribution in [0.4, 0.5) is 0 Å². The van der Waals surface area contributed by atoms with Crippen LogP contribution < -0.4 is 0 Å². The van der Waals surface area contributed by atoms with Gasteiger partial charge in [0.25, 0.3) is 0 Å². The van der Waals surface area contributed by atoms with E-state index in [0.717, 1.165) is 32.1 Å². The van der Waals surface area contributed by atoms with Gasteiger partial charge < -0.3 is 35.0 Å². The van der Waals surface area contributed by atoms with Crippen LogP contribution in [0.15, 0.2) is 11.6 Å². The van der Waals surface area contributed by atoms with Crippen LogP contribution in [-0.4, -0.2) is 74.0 Å². The third-order valence-corrected chi connectivity index (χ3v) is 11.0. The Balaban J connectivity index is 1.34. The van der Waals surface area contributed by atoms with Crippen molar-refractivity contribution in [2.24, 2.45) is 28.6 Å². The van der Waals surface area contributed by atoms with E-state index in [2.05, 4.69) is 13.0 Å². The number of hydrogen-bond acceptors (Lipinski definition) is 7. The fourth-order valence-electron chi connectivity index (χ4n) is 8.83. The molecule has 4 fully saturated rings. The molecule has 4 aliphatic carbocycles. The Bertz CT molecular complexity index is 803. The van der Waals surface area contributed by atoms with E-state index in [1.807, 2.05) is 6.92 Å². The van der Waals surface area contributed by atoms with Crippen molar-refractivity contribution in [1.82, 2.24) is 0 Å². The lowest BCUT2D eigenvalue weighted by Gasteiger charge is -2.63. The van der Waals surface area contributed by atoms with Gasteiger partial charge in [-0.1, -0.05) is 25.5 Å². The first-order valence-corrected chi connectivity index (χ1v) is 13.4. The first-order valence-electron chi connectivity index (χ1n) is 13.4. The summed E-state index contributed by atoms with van der Waals surface area (Å²) in [5, 5.41) is 54.1. The minimum Gasteiger partial charge on any atom is -0.393 e. The van der Waals surface area contributed by atoms with Gasteiger partial charge in [0.2, 0.25) is 0 Å². The highest BCUT2D eigenvalue weighted by atomic mass is 16.7. The van der Waals surface area contributed by atoms with E-state index in [1.54, 1.807) is 13.8 Å². The maximum absolute atomic E-state index is 12.1. The molecule has 0 spiro atoms. The van der Waals surface area contributed by atoms with Crippen molar-refractivity contribution in [3.8, 4) is 0 Å². The minimum absolute atomic E-state index is 0.0107. The van der Waals surface area contributed by atoms with Gasteiger partial charge in [-0.05, 0) is 82.0 Å². The molecule has 1 saturated heterocycles. The van der Waals surface area contributed by atoms with Gasteiger partial charge in [0.05, 0.1) is 36.1 Å². The van der Waals surface area contributed by atoms with Crippen LogP contribution in [0.3, 0.4) is 0 Å². The van der Waals surface area contributed by atoms with E-state index in [0.29, 0.717) is 12.8 Å². The van der Waals surface area contributed by atoms with Crippen molar-refractivity contribution in [1.29, 1.82) is 0 Å². The SMILES string of the molecule is CC(O)C1CCC2(O)C3CC=C4CC(OC5CC(O)C(O)C(C)O5)CCC4(C)C3CC(O)C12C. The lowest BCUT2D eigenvalue weighted by atomic mass is 9.45. The number of aliphatic hydroxyl groups excluding tert-OH is 4. The molecule has 1 aliphatic heterocycles. The molecule has 3 saturated carbocycles. The summed E-state index contributed by atoms with van der Waals surface area (Å²) in [6.45, 7) is 7.84. The topological polar surface area (TPSA) is 120 Å². The summed E-state index contributed by atoms with van der Waals surface area (Å²) in [6.07, 6.45) is 4.04. The average molecular weight is 481 g/mol. The van der Waals surface area contributed by atoms with Crippen molar-refractivity contribution >= 4 is 0 Å². The quantitative estimate of drug-likeness (QED) is 0.393. The summed E-state index contributed by atoms with van der Waals surface area (Å²) >= 11 is 0. The molecule has 34 heavy (non-hydrogen) atoms. The molecule has 5 N–H and O–H groups in total. The van der Waals surface area contributed by atoms with Gasteiger partial charge in [-0.2, -0.15) is 0 Å². The molecular weight excluding hydrogens is 436 g/mol. The van der Waals surface area contributed by atoms with E-state index in [9.17, 15) is 25.5 Å². The van der Waals surface area contributed by atoms with Gasteiger partial charge >= 0.3 is 0 Å². The second kappa shape index (κ2) is 8.51. The third-order valence-electron chi connectivity index (χ3n) is 11.0. The molecule has 0 amide bonds. The molecule has 0 bridgehead atoms. The van der Waals surface area contributed by atoms with Gasteiger partial charge in [-0.15, -0.1) is 0 Å². The highest BCUT2D eigenvalue weighted by Crippen LogP contribution is 2.68. The Morgan fingerprint density at radius 2 is 1.82 bits per heavy atom. The third kappa shape index (κ3) is 3.49. The summed E-state index contributed by atoms with van der Waals surface area (Å²) in [4.78, 5) is 0. The zero-order valence-corrected chi connectivity index (χ0v) is 21.1. The predicted molar refractivity (Wildman–Crippen MR) is 126 cm³/mol. The monoisotopic (exact) mass is 480 g/mol. The second-order valence-corrected chi connectivity index (χ2v) is 12.5. The van der Waals surface area contributed by atoms with E-state index in [4.69, 9.17) is 9.47 Å². The molecular formula is C27H44O7. The number of hydrogen-bond donors (Lipinski definition) is 5. The average Bonchev–Trinajstić information content (AvgIpc) is 3.06. The highest BCUT2D eigenvalue weighted by molar-refractivity contribution is 5.29. The fraction of sp³-hybridized carbons (Fsp3) is 0.926. The van der Waals surface area contributed by atoms with Gasteiger partial charge in [-0.25, -0.2) is 0 Å². The summed E-state index contributed by atoms with van der Waals surface area (Å²) in [7, 11) is 0. The molecule has 5 rings (SSSR count). The van der Waals surface area contributed by atoms with Gasteiger partial charge in [0, 0.05) is 11.8 Å². The highest BCUT2D eigenvalue weighted by Gasteiger charge is 2.70.